The van der Waals surface area contributed by atoms with Crippen LogP contribution in [0.2, 0.25) is 0 Å². The summed E-state index contributed by atoms with van der Waals surface area (Å²) in [7, 11) is 0. The molecule has 3 N–H and O–H groups in total. The summed E-state index contributed by atoms with van der Waals surface area (Å²) in [5.74, 6) is -0.418. The monoisotopic (exact) mass is 401 g/mol. The third kappa shape index (κ3) is 5.04. The van der Waals surface area contributed by atoms with Crippen molar-refractivity contribution in [2.24, 2.45) is 0 Å². The highest BCUT2D eigenvalue weighted by Crippen LogP contribution is 2.20. The zero-order chi connectivity index (χ0) is 20.8. The van der Waals surface area contributed by atoms with E-state index in [1.54, 1.807) is 24.3 Å². The average molecular weight is 401 g/mol. The normalized spacial score (nSPS) is 15.4. The Labute approximate surface area is 175 Å². The van der Waals surface area contributed by atoms with Crippen LogP contribution in [0.1, 0.15) is 23.2 Å². The Kier molecular flexibility index (Phi) is 6.06. The lowest BCUT2D eigenvalue weighted by atomic mass is 10.1. The van der Waals surface area contributed by atoms with Gasteiger partial charge in [0.2, 0.25) is 0 Å². The fourth-order valence-corrected chi connectivity index (χ4v) is 3.27. The maximum atomic E-state index is 12.6. The lowest BCUT2D eigenvalue weighted by Gasteiger charge is -2.12. The fourth-order valence-electron chi connectivity index (χ4n) is 3.27. The van der Waals surface area contributed by atoms with Crippen molar-refractivity contribution in [1.29, 1.82) is 0 Å². The molecule has 3 aromatic carbocycles. The molecule has 0 saturated carbocycles. The van der Waals surface area contributed by atoms with E-state index in [2.05, 4.69) is 16.0 Å². The second kappa shape index (κ2) is 9.24. The molecular formula is C24H23N3O3. The molecule has 30 heavy (non-hydrogen) atoms. The molecule has 0 radical (unpaired) electrons. The molecule has 0 bridgehead atoms. The minimum atomic E-state index is -0.412. The average Bonchev–Trinajstić information content (AvgIpc) is 3.31. The molecule has 3 aromatic rings. The first kappa shape index (κ1) is 19.7. The highest BCUT2D eigenvalue weighted by molar-refractivity contribution is 6.05. The number of hydrogen-bond donors (Lipinski definition) is 3. The third-order valence-electron chi connectivity index (χ3n) is 4.82. The van der Waals surface area contributed by atoms with Gasteiger partial charge < -0.3 is 20.7 Å². The van der Waals surface area contributed by atoms with Crippen molar-refractivity contribution in [3.63, 3.8) is 0 Å². The Hall–Kier alpha value is -3.64. The van der Waals surface area contributed by atoms with Crippen molar-refractivity contribution < 1.29 is 14.3 Å². The summed E-state index contributed by atoms with van der Waals surface area (Å²) < 4.78 is 5.39. The van der Waals surface area contributed by atoms with E-state index in [1.807, 2.05) is 54.6 Å². The Bertz CT molecular complexity index is 1010. The van der Waals surface area contributed by atoms with Crippen molar-refractivity contribution in [3.8, 4) is 0 Å². The van der Waals surface area contributed by atoms with Gasteiger partial charge in [-0.15, -0.1) is 0 Å². The van der Waals surface area contributed by atoms with Crippen LogP contribution in [0.5, 0.6) is 0 Å². The number of hydrogen-bond acceptors (Lipinski definition) is 4. The van der Waals surface area contributed by atoms with Crippen LogP contribution in [0.15, 0.2) is 78.9 Å². The van der Waals surface area contributed by atoms with Gasteiger partial charge in [0.15, 0.2) is 0 Å². The summed E-state index contributed by atoms with van der Waals surface area (Å²) in [6, 6.07) is 24.2. The molecule has 1 aliphatic rings. The highest BCUT2D eigenvalue weighted by Gasteiger charge is 2.23. The molecule has 1 aliphatic heterocycles. The fraction of sp³-hybridized carbons (Fsp3) is 0.167. The zero-order valence-corrected chi connectivity index (χ0v) is 16.4. The molecular weight excluding hydrogens is 378 g/mol. The molecule has 0 aliphatic carbocycles. The summed E-state index contributed by atoms with van der Waals surface area (Å²) in [6.07, 6.45) is 1.20. The first-order valence-corrected chi connectivity index (χ1v) is 9.93. The first-order chi connectivity index (χ1) is 14.7. The molecule has 2 amide bonds. The number of rotatable bonds is 6. The van der Waals surface area contributed by atoms with E-state index in [9.17, 15) is 9.59 Å². The van der Waals surface area contributed by atoms with Gasteiger partial charge in [0, 0.05) is 34.9 Å². The Morgan fingerprint density at radius 3 is 2.20 bits per heavy atom. The van der Waals surface area contributed by atoms with Crippen LogP contribution in [-0.2, 0) is 9.53 Å². The minimum absolute atomic E-state index is 0.174. The minimum Gasteiger partial charge on any atom is -0.368 e. The van der Waals surface area contributed by atoms with E-state index in [0.717, 1.165) is 24.2 Å². The molecule has 4 rings (SSSR count). The first-order valence-electron chi connectivity index (χ1n) is 9.93. The standard InChI is InChI=1S/C24H23N3O3/c28-23(17-6-4-9-21(16-17)27-24(29)22-10-5-15-30-22)26-20-13-11-19(12-14-20)25-18-7-2-1-3-8-18/h1-4,6-9,11-14,16,22,25H,5,10,15H2,(H,26,28)(H,27,29)/t22-/m1/s1. The maximum absolute atomic E-state index is 12.6. The molecule has 0 spiro atoms. The highest BCUT2D eigenvalue weighted by atomic mass is 16.5. The molecule has 152 valence electrons. The Morgan fingerprint density at radius 1 is 0.767 bits per heavy atom. The molecule has 1 atom stereocenters. The van der Waals surface area contributed by atoms with Crippen molar-refractivity contribution in [2.45, 2.75) is 18.9 Å². The van der Waals surface area contributed by atoms with Gasteiger partial charge in [0.05, 0.1) is 0 Å². The smallest absolute Gasteiger partial charge is 0.255 e. The molecule has 1 fully saturated rings. The third-order valence-corrected chi connectivity index (χ3v) is 4.82. The van der Waals surface area contributed by atoms with Crippen LogP contribution in [-0.4, -0.2) is 24.5 Å². The van der Waals surface area contributed by atoms with Gasteiger partial charge in [0.1, 0.15) is 6.10 Å². The van der Waals surface area contributed by atoms with Gasteiger partial charge in [-0.05, 0) is 67.4 Å². The Morgan fingerprint density at radius 2 is 1.47 bits per heavy atom. The topological polar surface area (TPSA) is 79.5 Å². The SMILES string of the molecule is O=C(Nc1ccc(Nc2ccccc2)cc1)c1cccc(NC(=O)[C@H]2CCCO2)c1. The second-order valence-corrected chi connectivity index (χ2v) is 7.09. The number of amides is 2. The summed E-state index contributed by atoms with van der Waals surface area (Å²) in [4.78, 5) is 24.8. The molecule has 6 nitrogen and oxygen atoms in total. The van der Waals surface area contributed by atoms with E-state index >= 15 is 0 Å². The van der Waals surface area contributed by atoms with Gasteiger partial charge in [-0.2, -0.15) is 0 Å². The van der Waals surface area contributed by atoms with Crippen molar-refractivity contribution >= 4 is 34.6 Å². The number of ether oxygens (including phenoxy) is 1. The summed E-state index contributed by atoms with van der Waals surface area (Å²) in [6.45, 7) is 0.611. The second-order valence-electron chi connectivity index (χ2n) is 7.09. The van der Waals surface area contributed by atoms with Gasteiger partial charge in [-0.3, -0.25) is 9.59 Å². The van der Waals surface area contributed by atoms with Crippen molar-refractivity contribution in [2.75, 3.05) is 22.6 Å². The van der Waals surface area contributed by atoms with Gasteiger partial charge in [0.25, 0.3) is 11.8 Å². The lowest BCUT2D eigenvalue weighted by molar-refractivity contribution is -0.124. The summed E-state index contributed by atoms with van der Waals surface area (Å²) in [5, 5.41) is 9.00. The largest absolute Gasteiger partial charge is 0.368 e. The van der Waals surface area contributed by atoms with E-state index in [4.69, 9.17) is 4.74 Å². The molecule has 1 saturated heterocycles. The maximum Gasteiger partial charge on any atom is 0.255 e. The van der Waals surface area contributed by atoms with Crippen LogP contribution in [0.4, 0.5) is 22.7 Å². The predicted octanol–water partition coefficient (Wildman–Crippen LogP) is 4.80. The van der Waals surface area contributed by atoms with Crippen LogP contribution in [0, 0.1) is 0 Å². The number of benzene rings is 3. The summed E-state index contributed by atoms with van der Waals surface area (Å²) >= 11 is 0. The number of nitrogens with one attached hydrogen (secondary N) is 3. The number of carbonyl (C=O) groups excluding carboxylic acids is 2. The van der Waals surface area contributed by atoms with Crippen molar-refractivity contribution in [3.05, 3.63) is 84.4 Å². The van der Waals surface area contributed by atoms with Crippen LogP contribution < -0.4 is 16.0 Å². The van der Waals surface area contributed by atoms with E-state index in [1.165, 1.54) is 0 Å². The van der Waals surface area contributed by atoms with Crippen LogP contribution in [0.3, 0.4) is 0 Å². The molecule has 1 heterocycles. The number of anilines is 4. The zero-order valence-electron chi connectivity index (χ0n) is 16.4. The summed E-state index contributed by atoms with van der Waals surface area (Å²) in [5.41, 5.74) is 3.65. The van der Waals surface area contributed by atoms with Crippen molar-refractivity contribution in [1.82, 2.24) is 0 Å². The molecule has 0 aromatic heterocycles. The van der Waals surface area contributed by atoms with Gasteiger partial charge in [-0.25, -0.2) is 0 Å². The number of carbonyl (C=O) groups is 2. The number of para-hydroxylation sites is 1. The van der Waals surface area contributed by atoms with Crippen LogP contribution in [0.25, 0.3) is 0 Å². The Balaban J connectivity index is 1.37. The predicted molar refractivity (Wildman–Crippen MR) is 118 cm³/mol. The van der Waals surface area contributed by atoms with E-state index in [-0.39, 0.29) is 11.8 Å². The van der Waals surface area contributed by atoms with Gasteiger partial charge >= 0.3 is 0 Å². The quantitative estimate of drug-likeness (QED) is 0.554. The van der Waals surface area contributed by atoms with Crippen LogP contribution >= 0.6 is 0 Å². The van der Waals surface area contributed by atoms with E-state index in [0.29, 0.717) is 23.5 Å². The molecule has 0 unspecified atom stereocenters. The molecule has 6 heteroatoms. The van der Waals surface area contributed by atoms with E-state index < -0.39 is 6.10 Å². The van der Waals surface area contributed by atoms with Gasteiger partial charge in [-0.1, -0.05) is 24.3 Å². The lowest BCUT2D eigenvalue weighted by Crippen LogP contribution is -2.27.